The smallest absolute Gasteiger partial charge is 0.353 e. The molecule has 0 radical (unpaired) electrons. The molecule has 0 aromatic heterocycles. The van der Waals surface area contributed by atoms with Gasteiger partial charge < -0.3 is 10.2 Å². The van der Waals surface area contributed by atoms with Gasteiger partial charge in [0.05, 0.1) is 4.90 Å². The first kappa shape index (κ1) is 19.9. The molecule has 2 rings (SSSR count). The minimum atomic E-state index is -3.00. The van der Waals surface area contributed by atoms with Crippen LogP contribution in [-0.2, 0) is 30.4 Å². The zero-order chi connectivity index (χ0) is 18.2. The maximum absolute atomic E-state index is 11.0. The molecule has 1 saturated heterocycles. The van der Waals surface area contributed by atoms with Crippen LogP contribution in [0.1, 0.15) is 0 Å². The molecule has 134 valence electrons. The van der Waals surface area contributed by atoms with Gasteiger partial charge >= 0.3 is 6.09 Å². The van der Waals surface area contributed by atoms with Gasteiger partial charge in [-0.3, -0.25) is 9.69 Å². The molecule has 1 fully saturated rings. The summed E-state index contributed by atoms with van der Waals surface area (Å²) in [5.74, 6) is -0.306. The third-order valence-corrected chi connectivity index (χ3v) is 4.04. The average molecular weight is 379 g/mol. The van der Waals surface area contributed by atoms with Crippen molar-refractivity contribution < 1.29 is 31.3 Å². The van der Waals surface area contributed by atoms with Crippen LogP contribution in [0.15, 0.2) is 35.2 Å². The number of hydrogen-bond donors (Lipinski definition) is 3. The highest BCUT2D eigenvalue weighted by Crippen LogP contribution is 2.05. The second-order valence-corrected chi connectivity index (χ2v) is 7.29. The van der Waals surface area contributed by atoms with Crippen molar-refractivity contribution in [2.24, 2.45) is 0 Å². The number of piperazine rings is 1. The van der Waals surface area contributed by atoms with E-state index < -0.39 is 26.8 Å². The van der Waals surface area contributed by atoms with E-state index in [1.165, 1.54) is 11.1 Å². The number of sulfone groups is 1. The molecule has 0 aliphatic carbocycles. The molecule has 2 N–H and O–H groups in total. The van der Waals surface area contributed by atoms with Crippen molar-refractivity contribution in [3.8, 4) is 0 Å². The molecular formula is C12H17N3O7S2. The van der Waals surface area contributed by atoms with Crippen molar-refractivity contribution >= 4 is 32.7 Å². The molecule has 1 aliphatic heterocycles. The fourth-order valence-corrected chi connectivity index (χ4v) is 2.41. The van der Waals surface area contributed by atoms with Crippen LogP contribution in [0.5, 0.6) is 0 Å². The molecule has 2 amide bonds. The summed E-state index contributed by atoms with van der Waals surface area (Å²) in [5, 5.41) is 2.50. The Morgan fingerprint density at radius 1 is 1.29 bits per heavy atom. The van der Waals surface area contributed by atoms with Crippen molar-refractivity contribution in [2.45, 2.75) is 4.90 Å². The van der Waals surface area contributed by atoms with E-state index in [0.717, 1.165) is 4.90 Å². The predicted molar refractivity (Wildman–Crippen MR) is 84.1 cm³/mol. The third kappa shape index (κ3) is 7.39. The number of nitrogens with zero attached hydrogens (tertiary/aromatic N) is 1. The summed E-state index contributed by atoms with van der Waals surface area (Å²) in [4.78, 5) is 29.0. The average Bonchev–Trinajstić information content (AvgIpc) is 2.53. The molecule has 0 atom stereocenters. The Morgan fingerprint density at radius 3 is 2.38 bits per heavy atom. The lowest BCUT2D eigenvalue weighted by molar-refractivity contribution is -0.123. The number of rotatable bonds is 3. The van der Waals surface area contributed by atoms with E-state index in [9.17, 15) is 26.4 Å². The summed E-state index contributed by atoms with van der Waals surface area (Å²) >= 11 is 0. The number of carbonyl (C=O) groups is 2. The van der Waals surface area contributed by atoms with Crippen LogP contribution in [0.4, 0.5) is 4.79 Å². The molecule has 0 unspecified atom stereocenters. The molecule has 1 aromatic rings. The molecule has 12 heteroatoms. The fraction of sp³-hybridized carbons (Fsp3) is 0.333. The minimum absolute atomic E-state index is 0.129. The molecule has 1 heterocycles. The van der Waals surface area contributed by atoms with E-state index in [1.807, 2.05) is 0 Å². The highest BCUT2D eigenvalue weighted by Gasteiger charge is 2.22. The van der Waals surface area contributed by atoms with Crippen LogP contribution < -0.4 is 10.2 Å². The number of nitrogens with one attached hydrogen (secondary N) is 2. The van der Waals surface area contributed by atoms with E-state index in [4.69, 9.17) is 0 Å². The van der Waals surface area contributed by atoms with Gasteiger partial charge in [0.2, 0.25) is 16.8 Å². The maximum Gasteiger partial charge on any atom is 0.430 e. The van der Waals surface area contributed by atoms with Crippen molar-refractivity contribution in [3.05, 3.63) is 30.3 Å². The highest BCUT2D eigenvalue weighted by atomic mass is 32.2. The number of hydrogen-bond acceptors (Lipinski definition) is 7. The van der Waals surface area contributed by atoms with Crippen LogP contribution in [-0.4, -0.2) is 59.6 Å². The van der Waals surface area contributed by atoms with E-state index in [0.29, 0.717) is 18.0 Å². The minimum Gasteiger partial charge on any atom is -0.353 e. The molecule has 0 bridgehead atoms. The lowest BCUT2D eigenvalue weighted by Crippen LogP contribution is -2.50. The van der Waals surface area contributed by atoms with Crippen molar-refractivity contribution in [2.75, 3.05) is 25.9 Å². The summed E-state index contributed by atoms with van der Waals surface area (Å²) in [6.07, 6.45) is 0.307. The summed E-state index contributed by atoms with van der Waals surface area (Å²) < 4.78 is 41.7. The van der Waals surface area contributed by atoms with Gasteiger partial charge in [-0.25, -0.2) is 21.6 Å². The molecule has 24 heavy (non-hydrogen) atoms. The lowest BCUT2D eigenvalue weighted by Gasteiger charge is -2.24. The number of carbonyl (C=O) groups excluding carboxylic acids is 2. The van der Waals surface area contributed by atoms with E-state index in [1.54, 1.807) is 30.3 Å². The second kappa shape index (κ2) is 9.20. The monoisotopic (exact) mass is 379 g/mol. The van der Waals surface area contributed by atoms with Gasteiger partial charge in [-0.05, 0) is 17.0 Å². The highest BCUT2D eigenvalue weighted by molar-refractivity contribution is 7.90. The third-order valence-electron chi connectivity index (χ3n) is 2.68. The summed E-state index contributed by atoms with van der Waals surface area (Å²) in [5.41, 5.74) is 0. The van der Waals surface area contributed by atoms with Crippen LogP contribution in [0.3, 0.4) is 0 Å². The zero-order valence-corrected chi connectivity index (χ0v) is 14.4. The maximum atomic E-state index is 11.0. The van der Waals surface area contributed by atoms with Crippen LogP contribution in [0, 0.1) is 0 Å². The predicted octanol–water partition coefficient (Wildman–Crippen LogP) is -1.32. The molecule has 0 saturated carbocycles. The van der Waals surface area contributed by atoms with Gasteiger partial charge in [0.15, 0.2) is 9.84 Å². The summed E-state index contributed by atoms with van der Waals surface area (Å²) in [6, 6.07) is 8.35. The normalized spacial score (nSPS) is 14.4. The summed E-state index contributed by atoms with van der Waals surface area (Å²) in [7, 11) is -5.99. The lowest BCUT2D eigenvalue weighted by atomic mass is 10.4. The quantitative estimate of drug-likeness (QED) is 0.437. The van der Waals surface area contributed by atoms with Gasteiger partial charge in [0.25, 0.3) is 0 Å². The summed E-state index contributed by atoms with van der Waals surface area (Å²) in [6.45, 7) is 0.496. The van der Waals surface area contributed by atoms with Crippen molar-refractivity contribution in [1.82, 2.24) is 15.1 Å². The Bertz CT molecular complexity index is 739. The molecule has 1 aliphatic rings. The SMILES string of the molecule is CS(=O)(=O)c1ccccc1.O=C1CN(C(=O)ON[SH](=O)=O)CCN1. The number of benzene rings is 1. The topological polar surface area (TPSA) is 139 Å². The number of amides is 2. The van der Waals surface area contributed by atoms with E-state index in [-0.39, 0.29) is 12.5 Å². The Morgan fingerprint density at radius 2 is 1.92 bits per heavy atom. The van der Waals surface area contributed by atoms with Gasteiger partial charge in [-0.15, -0.1) is 0 Å². The first-order chi connectivity index (χ1) is 11.2. The Hall–Kier alpha value is -2.18. The van der Waals surface area contributed by atoms with Crippen molar-refractivity contribution in [1.29, 1.82) is 0 Å². The van der Waals surface area contributed by atoms with Gasteiger partial charge in [-0.1, -0.05) is 18.2 Å². The van der Waals surface area contributed by atoms with Crippen molar-refractivity contribution in [3.63, 3.8) is 0 Å². The zero-order valence-electron chi connectivity index (χ0n) is 12.7. The Kier molecular flexibility index (Phi) is 7.61. The first-order valence-electron chi connectivity index (χ1n) is 6.57. The first-order valence-corrected chi connectivity index (χ1v) is 9.64. The molecular weight excluding hydrogens is 362 g/mol. The van der Waals surface area contributed by atoms with Crippen LogP contribution in [0.2, 0.25) is 0 Å². The number of thiol groups is 1. The molecule has 1 aromatic carbocycles. The Balaban J connectivity index is 0.000000254. The van der Waals surface area contributed by atoms with E-state index >= 15 is 0 Å². The second-order valence-electron chi connectivity index (χ2n) is 4.57. The molecule has 10 nitrogen and oxygen atoms in total. The molecule has 0 spiro atoms. The van der Waals surface area contributed by atoms with Gasteiger partial charge in [0, 0.05) is 19.3 Å². The van der Waals surface area contributed by atoms with Crippen LogP contribution in [0.25, 0.3) is 0 Å². The van der Waals surface area contributed by atoms with Gasteiger partial charge in [0.1, 0.15) is 6.54 Å². The van der Waals surface area contributed by atoms with Gasteiger partial charge in [-0.2, -0.15) is 0 Å². The largest absolute Gasteiger partial charge is 0.430 e. The fourth-order valence-electron chi connectivity index (χ4n) is 1.60. The Labute approximate surface area is 140 Å². The standard InChI is InChI=1S/C7H8O2S.C5H9N3O5S/c1-10(8,9)7-5-3-2-4-6-7;9-4-3-8(2-1-6-4)5(10)13-7-14(11)12/h2-6H,1H3;14H,1-3H2,(H,6,9)(H,7,11,12). The van der Waals surface area contributed by atoms with Crippen LogP contribution >= 0.6 is 0 Å². The van der Waals surface area contributed by atoms with E-state index in [2.05, 4.69) is 10.2 Å².